The summed E-state index contributed by atoms with van der Waals surface area (Å²) in [6, 6.07) is 1.84. The molecule has 0 unspecified atom stereocenters. The average molecular weight is 218 g/mol. The van der Waals surface area contributed by atoms with Crippen LogP contribution in [-0.4, -0.2) is 16.1 Å². The van der Waals surface area contributed by atoms with Gasteiger partial charge in [-0.2, -0.15) is 0 Å². The van der Waals surface area contributed by atoms with Gasteiger partial charge < -0.3 is 10.1 Å². The number of nitrogens with one attached hydrogen (secondary N) is 1. The number of carbonyl (C=O) groups is 1. The number of hydrogen-bond acceptors (Lipinski definition) is 1. The van der Waals surface area contributed by atoms with Gasteiger partial charge in [-0.05, 0) is 11.6 Å². The Bertz CT molecular complexity index is 257. The van der Waals surface area contributed by atoms with E-state index < -0.39 is 5.97 Å². The van der Waals surface area contributed by atoms with Gasteiger partial charge in [0.25, 0.3) is 0 Å². The van der Waals surface area contributed by atoms with Gasteiger partial charge in [-0.15, -0.1) is 0 Å². The molecule has 0 aromatic carbocycles. The minimum absolute atomic E-state index is 0.0625. The molecule has 1 aromatic rings. The third-order valence-electron chi connectivity index (χ3n) is 1.30. The van der Waals surface area contributed by atoms with E-state index in [4.69, 9.17) is 5.11 Å². The van der Waals surface area contributed by atoms with E-state index in [0.29, 0.717) is 0 Å². The van der Waals surface area contributed by atoms with Crippen molar-refractivity contribution in [2.75, 3.05) is 0 Å². The molecule has 60 valence electrons. The Kier molecular flexibility index (Phi) is 2.70. The van der Waals surface area contributed by atoms with Crippen molar-refractivity contribution in [3.8, 4) is 0 Å². The first kappa shape index (κ1) is 8.33. The van der Waals surface area contributed by atoms with Gasteiger partial charge >= 0.3 is 5.97 Å². The van der Waals surface area contributed by atoms with E-state index in [-0.39, 0.29) is 6.42 Å². The Morgan fingerprint density at radius 1 is 1.73 bits per heavy atom. The second-order valence-electron chi connectivity index (χ2n) is 2.24. The molecule has 1 rings (SSSR count). The third kappa shape index (κ3) is 2.38. The fraction of sp³-hybridized carbons (Fsp3) is 0.286. The van der Waals surface area contributed by atoms with Gasteiger partial charge in [-0.3, -0.25) is 4.79 Å². The zero-order chi connectivity index (χ0) is 8.27. The highest BCUT2D eigenvalue weighted by Gasteiger charge is 2.01. The van der Waals surface area contributed by atoms with Gasteiger partial charge in [0.2, 0.25) is 0 Å². The van der Waals surface area contributed by atoms with Crippen molar-refractivity contribution in [3.05, 3.63) is 23.5 Å². The molecule has 0 aliphatic rings. The number of aliphatic carboxylic acids is 1. The molecule has 4 heteroatoms. The van der Waals surface area contributed by atoms with Crippen LogP contribution in [-0.2, 0) is 16.5 Å². The highest BCUT2D eigenvalue weighted by Crippen LogP contribution is 2.07. The molecule has 3 nitrogen and oxygen atoms in total. The van der Waals surface area contributed by atoms with Crippen molar-refractivity contribution in [2.24, 2.45) is 0 Å². The van der Waals surface area contributed by atoms with Crippen molar-refractivity contribution in [2.45, 2.75) is 11.8 Å². The van der Waals surface area contributed by atoms with Crippen molar-refractivity contribution >= 4 is 21.9 Å². The molecule has 0 fully saturated rings. The van der Waals surface area contributed by atoms with Crippen molar-refractivity contribution in [1.29, 1.82) is 0 Å². The summed E-state index contributed by atoms with van der Waals surface area (Å²) < 4.78 is 0. The second kappa shape index (κ2) is 3.57. The maximum absolute atomic E-state index is 10.2. The summed E-state index contributed by atoms with van der Waals surface area (Å²) >= 11 is 3.27. The molecule has 1 heterocycles. The molecular formula is C7H8BrNO2. The van der Waals surface area contributed by atoms with Crippen molar-refractivity contribution in [3.63, 3.8) is 0 Å². The van der Waals surface area contributed by atoms with Gasteiger partial charge in [0.05, 0.1) is 6.42 Å². The lowest BCUT2D eigenvalue weighted by Crippen LogP contribution is -1.99. The molecule has 1 aromatic heterocycles. The van der Waals surface area contributed by atoms with Crippen LogP contribution in [0.1, 0.15) is 11.3 Å². The van der Waals surface area contributed by atoms with Crippen LogP contribution in [0.2, 0.25) is 0 Å². The van der Waals surface area contributed by atoms with Crippen LogP contribution >= 0.6 is 15.9 Å². The Hall–Kier alpha value is -0.770. The molecule has 0 aliphatic heterocycles. The van der Waals surface area contributed by atoms with E-state index in [1.807, 2.05) is 6.07 Å². The van der Waals surface area contributed by atoms with E-state index in [1.54, 1.807) is 6.20 Å². The second-order valence-corrected chi connectivity index (χ2v) is 2.80. The maximum Gasteiger partial charge on any atom is 0.309 e. The lowest BCUT2D eigenvalue weighted by atomic mass is 10.3. The molecule has 0 saturated heterocycles. The average Bonchev–Trinajstić information content (AvgIpc) is 2.34. The summed E-state index contributed by atoms with van der Waals surface area (Å²) in [6.45, 7) is 0. The van der Waals surface area contributed by atoms with Gasteiger partial charge in [0.15, 0.2) is 0 Å². The summed E-state index contributed by atoms with van der Waals surface area (Å²) in [7, 11) is 0. The number of rotatable bonds is 3. The summed E-state index contributed by atoms with van der Waals surface area (Å²) in [6.07, 6.45) is 1.86. The number of carboxylic acids is 1. The summed E-state index contributed by atoms with van der Waals surface area (Å²) in [5.74, 6) is -0.812. The van der Waals surface area contributed by atoms with Crippen LogP contribution in [0, 0.1) is 0 Å². The molecule has 0 bridgehead atoms. The number of alkyl halides is 1. The Balaban J connectivity index is 2.65. The first-order chi connectivity index (χ1) is 5.22. The van der Waals surface area contributed by atoms with E-state index in [2.05, 4.69) is 20.9 Å². The van der Waals surface area contributed by atoms with Gasteiger partial charge in [-0.1, -0.05) is 15.9 Å². The monoisotopic (exact) mass is 217 g/mol. The van der Waals surface area contributed by atoms with Gasteiger partial charge in [0.1, 0.15) is 0 Å². The topological polar surface area (TPSA) is 53.1 Å². The fourth-order valence-electron chi connectivity index (χ4n) is 0.835. The molecule has 0 saturated carbocycles. The van der Waals surface area contributed by atoms with Crippen molar-refractivity contribution in [1.82, 2.24) is 4.98 Å². The standard InChI is InChI=1S/C7H8BrNO2/c8-3-5-1-6(9-4-5)2-7(10)11/h1,4,9H,2-3H2,(H,10,11). The molecule has 0 spiro atoms. The predicted molar refractivity (Wildman–Crippen MR) is 44.8 cm³/mol. The fourth-order valence-corrected chi connectivity index (χ4v) is 1.16. The molecule has 0 aliphatic carbocycles. The Morgan fingerprint density at radius 3 is 2.91 bits per heavy atom. The van der Waals surface area contributed by atoms with E-state index in [9.17, 15) is 4.79 Å². The maximum atomic E-state index is 10.2. The quantitative estimate of drug-likeness (QED) is 0.756. The van der Waals surface area contributed by atoms with Gasteiger partial charge in [-0.25, -0.2) is 0 Å². The third-order valence-corrected chi connectivity index (χ3v) is 1.95. The normalized spacial score (nSPS) is 9.91. The predicted octanol–water partition coefficient (Wildman–Crippen LogP) is 1.54. The summed E-state index contributed by atoms with van der Waals surface area (Å²) in [5, 5.41) is 9.17. The minimum Gasteiger partial charge on any atom is -0.481 e. The molecule has 0 atom stereocenters. The van der Waals surface area contributed by atoms with Crippen LogP contribution in [0.3, 0.4) is 0 Å². The van der Waals surface area contributed by atoms with Crippen LogP contribution in [0.15, 0.2) is 12.3 Å². The van der Waals surface area contributed by atoms with Crippen LogP contribution < -0.4 is 0 Å². The minimum atomic E-state index is -0.812. The van der Waals surface area contributed by atoms with Gasteiger partial charge in [0, 0.05) is 17.2 Å². The zero-order valence-electron chi connectivity index (χ0n) is 5.80. The molecular weight excluding hydrogens is 210 g/mol. The van der Waals surface area contributed by atoms with Crippen LogP contribution in [0.25, 0.3) is 0 Å². The van der Waals surface area contributed by atoms with Crippen molar-refractivity contribution < 1.29 is 9.90 Å². The Labute approximate surface area is 72.6 Å². The molecule has 11 heavy (non-hydrogen) atoms. The number of aromatic amines is 1. The van der Waals surface area contributed by atoms with Crippen LogP contribution in [0.5, 0.6) is 0 Å². The highest BCUT2D eigenvalue weighted by molar-refractivity contribution is 9.08. The lowest BCUT2D eigenvalue weighted by Gasteiger charge is -1.87. The largest absolute Gasteiger partial charge is 0.481 e. The Morgan fingerprint density at radius 2 is 2.45 bits per heavy atom. The molecule has 0 amide bonds. The number of carboxylic acid groups (broad SMARTS) is 1. The number of halogens is 1. The summed E-state index contributed by atoms with van der Waals surface area (Å²) in [5.41, 5.74) is 1.81. The van der Waals surface area contributed by atoms with E-state index in [1.165, 1.54) is 0 Å². The van der Waals surface area contributed by atoms with Crippen LogP contribution in [0.4, 0.5) is 0 Å². The molecule has 0 radical (unpaired) electrons. The highest BCUT2D eigenvalue weighted by atomic mass is 79.9. The number of hydrogen-bond donors (Lipinski definition) is 2. The SMILES string of the molecule is O=C(O)Cc1cc(CBr)c[nH]1. The molecule has 2 N–H and O–H groups in total. The van der Waals surface area contributed by atoms with E-state index in [0.717, 1.165) is 16.6 Å². The number of aromatic nitrogens is 1. The zero-order valence-corrected chi connectivity index (χ0v) is 7.39. The first-order valence-electron chi connectivity index (χ1n) is 3.16. The lowest BCUT2D eigenvalue weighted by molar-refractivity contribution is -0.136. The summed E-state index contributed by atoms with van der Waals surface area (Å²) in [4.78, 5) is 13.1. The smallest absolute Gasteiger partial charge is 0.309 e. The van der Waals surface area contributed by atoms with E-state index >= 15 is 0 Å². The number of H-pyrrole nitrogens is 1. The first-order valence-corrected chi connectivity index (χ1v) is 4.28.